The van der Waals surface area contributed by atoms with Crippen molar-refractivity contribution in [2.24, 2.45) is 5.92 Å². The van der Waals surface area contributed by atoms with Gasteiger partial charge in [-0.25, -0.2) is 0 Å². The van der Waals surface area contributed by atoms with Crippen molar-refractivity contribution in [3.05, 3.63) is 71.6 Å². The SMILES string of the molecule is CC(C)(C)c1ccc(-c2noc(CN3CCC(C(=O)NCc4ccccc4)CC3)n2)cc1. The average molecular weight is 433 g/mol. The van der Waals surface area contributed by atoms with E-state index in [0.717, 1.165) is 37.1 Å². The number of hydrogen-bond donors (Lipinski definition) is 1. The number of benzene rings is 2. The molecule has 1 N–H and O–H groups in total. The van der Waals surface area contributed by atoms with Gasteiger partial charge in [0.2, 0.25) is 17.6 Å². The average Bonchev–Trinajstić information content (AvgIpc) is 3.27. The lowest BCUT2D eigenvalue weighted by Crippen LogP contribution is -2.40. The van der Waals surface area contributed by atoms with Gasteiger partial charge in [0.15, 0.2) is 0 Å². The molecule has 1 aliphatic heterocycles. The third-order valence-electron chi connectivity index (χ3n) is 6.10. The lowest BCUT2D eigenvalue weighted by atomic mass is 9.87. The lowest BCUT2D eigenvalue weighted by Gasteiger charge is -2.30. The highest BCUT2D eigenvalue weighted by molar-refractivity contribution is 5.78. The predicted molar refractivity (Wildman–Crippen MR) is 125 cm³/mol. The number of nitrogens with zero attached hydrogens (tertiary/aromatic N) is 3. The first-order valence-electron chi connectivity index (χ1n) is 11.4. The van der Waals surface area contributed by atoms with Crippen molar-refractivity contribution in [1.82, 2.24) is 20.4 Å². The summed E-state index contributed by atoms with van der Waals surface area (Å²) in [6.07, 6.45) is 1.69. The molecule has 1 aliphatic rings. The third-order valence-corrected chi connectivity index (χ3v) is 6.10. The molecule has 0 bridgehead atoms. The summed E-state index contributed by atoms with van der Waals surface area (Å²) in [7, 11) is 0. The Morgan fingerprint density at radius 3 is 2.41 bits per heavy atom. The summed E-state index contributed by atoms with van der Waals surface area (Å²) in [4.78, 5) is 19.4. The van der Waals surface area contributed by atoms with Crippen LogP contribution in [0.4, 0.5) is 0 Å². The van der Waals surface area contributed by atoms with Crippen molar-refractivity contribution in [3.8, 4) is 11.4 Å². The summed E-state index contributed by atoms with van der Waals surface area (Å²) >= 11 is 0. The molecule has 0 atom stereocenters. The van der Waals surface area contributed by atoms with Crippen molar-refractivity contribution < 1.29 is 9.32 Å². The number of likely N-dealkylation sites (tertiary alicyclic amines) is 1. The number of amides is 1. The molecule has 1 aromatic heterocycles. The highest BCUT2D eigenvalue weighted by Gasteiger charge is 2.26. The molecule has 3 aromatic rings. The lowest BCUT2D eigenvalue weighted by molar-refractivity contribution is -0.126. The second-order valence-electron chi connectivity index (χ2n) is 9.59. The van der Waals surface area contributed by atoms with E-state index in [1.54, 1.807) is 0 Å². The Morgan fingerprint density at radius 2 is 1.75 bits per heavy atom. The first-order valence-corrected chi connectivity index (χ1v) is 11.4. The Hall–Kier alpha value is -2.99. The summed E-state index contributed by atoms with van der Waals surface area (Å²) in [6.45, 7) is 9.50. The van der Waals surface area contributed by atoms with Crippen LogP contribution in [0.15, 0.2) is 59.1 Å². The minimum atomic E-state index is 0.0644. The van der Waals surface area contributed by atoms with Gasteiger partial charge in [-0.1, -0.05) is 80.5 Å². The number of hydrogen-bond acceptors (Lipinski definition) is 5. The van der Waals surface area contributed by atoms with Gasteiger partial charge in [0.1, 0.15) is 0 Å². The Balaban J connectivity index is 1.26. The van der Waals surface area contributed by atoms with Gasteiger partial charge >= 0.3 is 0 Å². The summed E-state index contributed by atoms with van der Waals surface area (Å²) in [5, 5.41) is 7.23. The van der Waals surface area contributed by atoms with Crippen LogP contribution in [-0.2, 0) is 23.3 Å². The molecule has 2 heterocycles. The van der Waals surface area contributed by atoms with E-state index < -0.39 is 0 Å². The van der Waals surface area contributed by atoms with Crippen LogP contribution in [0.2, 0.25) is 0 Å². The topological polar surface area (TPSA) is 71.3 Å². The van der Waals surface area contributed by atoms with E-state index in [4.69, 9.17) is 4.52 Å². The van der Waals surface area contributed by atoms with Crippen LogP contribution in [0.5, 0.6) is 0 Å². The largest absolute Gasteiger partial charge is 0.352 e. The highest BCUT2D eigenvalue weighted by atomic mass is 16.5. The molecule has 1 amide bonds. The molecule has 2 aromatic carbocycles. The molecule has 0 radical (unpaired) electrons. The van der Waals surface area contributed by atoms with Gasteiger partial charge in [-0.2, -0.15) is 4.98 Å². The smallest absolute Gasteiger partial charge is 0.241 e. The summed E-state index contributed by atoms with van der Waals surface area (Å²) < 4.78 is 5.50. The molecule has 0 saturated carbocycles. The third kappa shape index (κ3) is 5.62. The standard InChI is InChI=1S/C26H32N4O2/c1-26(2,3)22-11-9-20(10-12-22)24-28-23(32-29-24)18-30-15-13-21(14-16-30)25(31)27-17-19-7-5-4-6-8-19/h4-12,21H,13-18H2,1-3H3,(H,27,31). The molecular weight excluding hydrogens is 400 g/mol. The summed E-state index contributed by atoms with van der Waals surface area (Å²) in [5.74, 6) is 1.45. The first kappa shape index (κ1) is 22.2. The van der Waals surface area contributed by atoms with Crippen LogP contribution in [0.3, 0.4) is 0 Å². The first-order chi connectivity index (χ1) is 15.4. The van der Waals surface area contributed by atoms with Crippen molar-refractivity contribution in [2.75, 3.05) is 13.1 Å². The molecule has 168 valence electrons. The molecule has 0 spiro atoms. The van der Waals surface area contributed by atoms with Crippen molar-refractivity contribution in [2.45, 2.75) is 52.1 Å². The Morgan fingerprint density at radius 1 is 1.06 bits per heavy atom. The Kier molecular flexibility index (Phi) is 6.70. The van der Waals surface area contributed by atoms with Gasteiger partial charge in [-0.05, 0) is 42.5 Å². The molecule has 32 heavy (non-hydrogen) atoms. The van der Waals surface area contributed by atoms with Crippen LogP contribution in [0, 0.1) is 5.92 Å². The zero-order valence-electron chi connectivity index (χ0n) is 19.2. The van der Waals surface area contributed by atoms with Gasteiger partial charge in [0.05, 0.1) is 6.54 Å². The highest BCUT2D eigenvalue weighted by Crippen LogP contribution is 2.25. The van der Waals surface area contributed by atoms with E-state index in [-0.39, 0.29) is 17.2 Å². The van der Waals surface area contributed by atoms with E-state index in [0.29, 0.717) is 24.8 Å². The van der Waals surface area contributed by atoms with E-state index in [1.807, 2.05) is 30.3 Å². The van der Waals surface area contributed by atoms with Crippen LogP contribution >= 0.6 is 0 Å². The fraction of sp³-hybridized carbons (Fsp3) is 0.423. The van der Waals surface area contributed by atoms with Gasteiger partial charge in [0, 0.05) is 18.0 Å². The maximum atomic E-state index is 12.5. The monoisotopic (exact) mass is 432 g/mol. The summed E-state index contributed by atoms with van der Waals surface area (Å²) in [6, 6.07) is 18.4. The molecule has 4 rings (SSSR count). The van der Waals surface area contributed by atoms with Crippen LogP contribution in [0.1, 0.15) is 50.6 Å². The number of aromatic nitrogens is 2. The normalized spacial score (nSPS) is 15.6. The fourth-order valence-electron chi connectivity index (χ4n) is 4.03. The zero-order chi connectivity index (χ0) is 22.6. The Labute approximate surface area is 190 Å². The second kappa shape index (κ2) is 9.65. The molecular formula is C26H32N4O2. The fourth-order valence-corrected chi connectivity index (χ4v) is 4.03. The maximum absolute atomic E-state index is 12.5. The summed E-state index contributed by atoms with van der Waals surface area (Å²) in [5.41, 5.74) is 3.48. The van der Waals surface area contributed by atoms with Gasteiger partial charge in [-0.15, -0.1) is 0 Å². The van der Waals surface area contributed by atoms with Crippen LogP contribution < -0.4 is 5.32 Å². The predicted octanol–water partition coefficient (Wildman–Crippen LogP) is 4.56. The van der Waals surface area contributed by atoms with Crippen molar-refractivity contribution in [3.63, 3.8) is 0 Å². The minimum absolute atomic E-state index is 0.0644. The molecule has 1 saturated heterocycles. The van der Waals surface area contributed by atoms with Crippen LogP contribution in [0.25, 0.3) is 11.4 Å². The van der Waals surface area contributed by atoms with Gasteiger partial charge in [-0.3, -0.25) is 9.69 Å². The van der Waals surface area contributed by atoms with E-state index in [2.05, 4.69) is 65.4 Å². The van der Waals surface area contributed by atoms with E-state index in [1.165, 1.54) is 5.56 Å². The maximum Gasteiger partial charge on any atom is 0.241 e. The van der Waals surface area contributed by atoms with Crippen LogP contribution in [-0.4, -0.2) is 34.0 Å². The zero-order valence-corrected chi connectivity index (χ0v) is 19.2. The van der Waals surface area contributed by atoms with Crippen molar-refractivity contribution >= 4 is 5.91 Å². The second-order valence-corrected chi connectivity index (χ2v) is 9.59. The van der Waals surface area contributed by atoms with Gasteiger partial charge < -0.3 is 9.84 Å². The number of piperidine rings is 1. The molecule has 1 fully saturated rings. The Bertz CT molecular complexity index is 1010. The van der Waals surface area contributed by atoms with Gasteiger partial charge in [0.25, 0.3) is 0 Å². The van der Waals surface area contributed by atoms with E-state index >= 15 is 0 Å². The molecule has 6 nitrogen and oxygen atoms in total. The quantitative estimate of drug-likeness (QED) is 0.618. The molecule has 6 heteroatoms. The molecule has 0 unspecified atom stereocenters. The number of nitrogens with one attached hydrogen (secondary N) is 1. The number of carbonyl (C=O) groups is 1. The number of carbonyl (C=O) groups excluding carboxylic acids is 1. The minimum Gasteiger partial charge on any atom is -0.352 e. The number of rotatable bonds is 6. The van der Waals surface area contributed by atoms with E-state index in [9.17, 15) is 4.79 Å². The molecule has 0 aliphatic carbocycles. The van der Waals surface area contributed by atoms with Crippen molar-refractivity contribution in [1.29, 1.82) is 0 Å².